The number of hydrogen-bond acceptors (Lipinski definition) is 4. The van der Waals surface area contributed by atoms with E-state index in [2.05, 4.69) is 65.6 Å². The number of anilines is 1. The first-order chi connectivity index (χ1) is 7.90. The number of nitrogens with zero attached hydrogens (tertiary/aromatic N) is 2. The second kappa shape index (κ2) is 5.95. The van der Waals surface area contributed by atoms with Crippen molar-refractivity contribution in [3.05, 3.63) is 15.1 Å². The van der Waals surface area contributed by atoms with E-state index in [9.17, 15) is 0 Å². The molecule has 0 fully saturated rings. The molecular weight excluding hydrogens is 329 g/mol. The smallest absolute Gasteiger partial charge is 0.143 e. The second-order valence-electron chi connectivity index (χ2n) is 4.87. The minimum atomic E-state index is -0.0585. The Morgan fingerprint density at radius 2 is 1.94 bits per heavy atom. The monoisotopic (exact) mass is 349 g/mol. The van der Waals surface area contributed by atoms with E-state index in [-0.39, 0.29) is 5.41 Å². The van der Waals surface area contributed by atoms with Crippen LogP contribution in [0.3, 0.4) is 0 Å². The topological polar surface area (TPSA) is 47.0 Å². The molecule has 1 aromatic heterocycles. The van der Waals surface area contributed by atoms with E-state index in [0.717, 1.165) is 27.5 Å². The van der Waals surface area contributed by atoms with Crippen molar-refractivity contribution in [2.24, 2.45) is 0 Å². The van der Waals surface area contributed by atoms with Gasteiger partial charge in [0, 0.05) is 19.1 Å². The minimum absolute atomic E-state index is 0.0585. The van der Waals surface area contributed by atoms with Gasteiger partial charge in [0.2, 0.25) is 0 Å². The summed E-state index contributed by atoms with van der Waals surface area (Å²) in [6.07, 6.45) is 0. The Morgan fingerprint density at radius 3 is 2.41 bits per heavy atom. The Bertz CT molecular complexity index is 361. The lowest BCUT2D eigenvalue weighted by atomic mass is 9.95. The van der Waals surface area contributed by atoms with E-state index < -0.39 is 0 Å². The van der Waals surface area contributed by atoms with Gasteiger partial charge in [0.05, 0.1) is 15.9 Å². The van der Waals surface area contributed by atoms with Crippen LogP contribution in [-0.4, -0.2) is 23.6 Å². The maximum absolute atomic E-state index is 5.19. The molecule has 0 radical (unpaired) electrons. The molecule has 1 aromatic rings. The molecule has 0 unspecified atom stereocenters. The summed E-state index contributed by atoms with van der Waals surface area (Å²) in [4.78, 5) is 9.18. The van der Waals surface area contributed by atoms with E-state index in [1.807, 2.05) is 0 Å². The molecule has 0 bridgehead atoms. The van der Waals surface area contributed by atoms with Crippen LogP contribution in [0.25, 0.3) is 0 Å². The third-order valence-corrected chi connectivity index (χ3v) is 3.35. The molecule has 0 aromatic carbocycles. The summed E-state index contributed by atoms with van der Waals surface area (Å²) in [5, 5.41) is 3.27. The van der Waals surface area contributed by atoms with Gasteiger partial charge in [-0.15, -0.1) is 0 Å². The number of nitrogens with one attached hydrogen (secondary N) is 1. The Kier molecular flexibility index (Phi) is 5.12. The van der Waals surface area contributed by atoms with Gasteiger partial charge in [0.15, 0.2) is 0 Å². The van der Waals surface area contributed by atoms with Crippen LogP contribution in [0, 0.1) is 3.57 Å². The predicted octanol–water partition coefficient (Wildman–Crippen LogP) is 2.96. The maximum atomic E-state index is 5.19. The van der Waals surface area contributed by atoms with Crippen LogP contribution < -0.4 is 5.32 Å². The van der Waals surface area contributed by atoms with Gasteiger partial charge >= 0.3 is 0 Å². The Balaban J connectivity index is 3.26. The highest BCUT2D eigenvalue weighted by Gasteiger charge is 2.21. The number of aromatic nitrogens is 2. The molecule has 0 amide bonds. The van der Waals surface area contributed by atoms with Crippen LogP contribution in [0.15, 0.2) is 0 Å². The molecule has 17 heavy (non-hydrogen) atoms. The molecule has 0 aliphatic heterocycles. The zero-order chi connectivity index (χ0) is 13.1. The largest absolute Gasteiger partial charge is 0.378 e. The fourth-order valence-electron chi connectivity index (χ4n) is 1.35. The molecule has 4 nitrogen and oxygen atoms in total. The molecule has 0 aliphatic carbocycles. The third kappa shape index (κ3) is 3.77. The maximum Gasteiger partial charge on any atom is 0.143 e. The zero-order valence-electron chi connectivity index (χ0n) is 11.1. The fraction of sp³-hybridized carbons (Fsp3) is 0.667. The van der Waals surface area contributed by atoms with Gasteiger partial charge < -0.3 is 10.1 Å². The summed E-state index contributed by atoms with van der Waals surface area (Å²) < 4.78 is 6.23. The van der Waals surface area contributed by atoms with Crippen LogP contribution >= 0.6 is 22.6 Å². The number of hydrogen-bond donors (Lipinski definition) is 1. The second-order valence-corrected chi connectivity index (χ2v) is 5.95. The van der Waals surface area contributed by atoms with Crippen molar-refractivity contribution in [1.29, 1.82) is 0 Å². The molecule has 1 rings (SSSR count). The SMILES string of the molecule is CCNc1nc(C(C)(C)C)nc(COC)c1I. The molecule has 96 valence electrons. The summed E-state index contributed by atoms with van der Waals surface area (Å²) in [6, 6.07) is 0. The van der Waals surface area contributed by atoms with Crippen molar-refractivity contribution >= 4 is 28.4 Å². The van der Waals surface area contributed by atoms with E-state index in [0.29, 0.717) is 6.61 Å². The van der Waals surface area contributed by atoms with E-state index in [4.69, 9.17) is 4.74 Å². The predicted molar refractivity (Wildman–Crippen MR) is 78.3 cm³/mol. The average Bonchev–Trinajstić information content (AvgIpc) is 2.22. The zero-order valence-corrected chi connectivity index (χ0v) is 13.3. The van der Waals surface area contributed by atoms with Crippen molar-refractivity contribution in [2.45, 2.75) is 39.7 Å². The summed E-state index contributed by atoms with van der Waals surface area (Å²) in [7, 11) is 1.68. The first kappa shape index (κ1) is 14.6. The van der Waals surface area contributed by atoms with Crippen molar-refractivity contribution in [1.82, 2.24) is 9.97 Å². The van der Waals surface area contributed by atoms with Gasteiger partial charge in [-0.2, -0.15) is 0 Å². The minimum Gasteiger partial charge on any atom is -0.378 e. The molecule has 5 heteroatoms. The average molecular weight is 349 g/mol. The van der Waals surface area contributed by atoms with Crippen molar-refractivity contribution in [3.63, 3.8) is 0 Å². The van der Waals surface area contributed by atoms with Gasteiger partial charge in [-0.05, 0) is 29.5 Å². The lowest BCUT2D eigenvalue weighted by Gasteiger charge is -2.20. The summed E-state index contributed by atoms with van der Waals surface area (Å²) in [5.74, 6) is 1.75. The van der Waals surface area contributed by atoms with E-state index in [1.54, 1.807) is 7.11 Å². The highest BCUT2D eigenvalue weighted by molar-refractivity contribution is 14.1. The number of ether oxygens (including phenoxy) is 1. The standard InChI is InChI=1S/C12H20IN3O/c1-6-14-10-9(13)8(7-17-5)15-11(16-10)12(2,3)4/h6-7H2,1-5H3,(H,14,15,16). The van der Waals surface area contributed by atoms with Crippen LogP contribution in [0.1, 0.15) is 39.2 Å². The van der Waals surface area contributed by atoms with Crippen molar-refractivity contribution in [3.8, 4) is 0 Å². The van der Waals surface area contributed by atoms with Gasteiger partial charge in [0.1, 0.15) is 11.6 Å². The van der Waals surface area contributed by atoms with Crippen LogP contribution in [0.5, 0.6) is 0 Å². The van der Waals surface area contributed by atoms with Gasteiger partial charge in [-0.3, -0.25) is 0 Å². The van der Waals surface area contributed by atoms with Crippen LogP contribution in [0.4, 0.5) is 5.82 Å². The summed E-state index contributed by atoms with van der Waals surface area (Å²) in [6.45, 7) is 9.76. The molecular formula is C12H20IN3O. The number of halogens is 1. The quantitative estimate of drug-likeness (QED) is 0.849. The highest BCUT2D eigenvalue weighted by atomic mass is 127. The van der Waals surface area contributed by atoms with E-state index >= 15 is 0 Å². The molecule has 0 saturated heterocycles. The van der Waals surface area contributed by atoms with Gasteiger partial charge in [-0.25, -0.2) is 9.97 Å². The Hall–Kier alpha value is -0.430. The molecule has 1 N–H and O–H groups in total. The molecule has 0 saturated carbocycles. The number of methoxy groups -OCH3 is 1. The summed E-state index contributed by atoms with van der Waals surface area (Å²) >= 11 is 2.26. The Morgan fingerprint density at radius 1 is 1.29 bits per heavy atom. The van der Waals surface area contributed by atoms with Gasteiger partial charge in [0.25, 0.3) is 0 Å². The van der Waals surface area contributed by atoms with Crippen LogP contribution in [0.2, 0.25) is 0 Å². The normalized spacial score (nSPS) is 11.6. The number of rotatable bonds is 4. The molecule has 0 aliphatic rings. The molecule has 0 atom stereocenters. The molecule has 0 spiro atoms. The van der Waals surface area contributed by atoms with Gasteiger partial charge in [-0.1, -0.05) is 20.8 Å². The first-order valence-electron chi connectivity index (χ1n) is 5.69. The van der Waals surface area contributed by atoms with Crippen molar-refractivity contribution < 1.29 is 4.74 Å². The highest BCUT2D eigenvalue weighted by Crippen LogP contribution is 2.25. The molecule has 1 heterocycles. The fourth-order valence-corrected chi connectivity index (χ4v) is 1.93. The van der Waals surface area contributed by atoms with Crippen molar-refractivity contribution in [2.75, 3.05) is 19.0 Å². The Labute approximate surface area is 117 Å². The van der Waals surface area contributed by atoms with E-state index in [1.165, 1.54) is 0 Å². The lowest BCUT2D eigenvalue weighted by Crippen LogP contribution is -2.20. The lowest BCUT2D eigenvalue weighted by molar-refractivity contribution is 0.180. The summed E-state index contributed by atoms with van der Waals surface area (Å²) in [5.41, 5.74) is 0.890. The third-order valence-electron chi connectivity index (χ3n) is 2.22. The van der Waals surface area contributed by atoms with Crippen LogP contribution in [-0.2, 0) is 16.8 Å². The first-order valence-corrected chi connectivity index (χ1v) is 6.77.